The largest absolute Gasteiger partial charge is 0.463 e. The molecule has 98 valence electrons. The van der Waals surface area contributed by atoms with Gasteiger partial charge in [-0.2, -0.15) is 0 Å². The molecule has 3 fully saturated rings. The van der Waals surface area contributed by atoms with E-state index < -0.39 is 0 Å². The Morgan fingerprint density at radius 1 is 1.12 bits per heavy atom. The first-order valence-electron chi connectivity index (χ1n) is 6.96. The molecule has 0 saturated carbocycles. The molecule has 0 bridgehead atoms. The number of ether oxygens (including phenoxy) is 1. The topological polar surface area (TPSA) is 41.6 Å². The van der Waals surface area contributed by atoms with Gasteiger partial charge in [-0.3, -0.25) is 4.79 Å². The van der Waals surface area contributed by atoms with Crippen LogP contribution in [0.1, 0.15) is 38.5 Å². The number of nitrogens with one attached hydrogen (secondary N) is 1. The third-order valence-corrected chi connectivity index (χ3v) is 3.79. The molecular formula is C13H24N2O2. The van der Waals surface area contributed by atoms with Gasteiger partial charge in [0.1, 0.15) is 6.61 Å². The lowest BCUT2D eigenvalue weighted by molar-refractivity contribution is -0.144. The van der Waals surface area contributed by atoms with Gasteiger partial charge in [0, 0.05) is 12.6 Å². The predicted octanol–water partition coefficient (Wildman–Crippen LogP) is 1.16. The van der Waals surface area contributed by atoms with Crippen molar-refractivity contribution in [3.05, 3.63) is 0 Å². The average molecular weight is 240 g/mol. The molecule has 1 N–H and O–H groups in total. The van der Waals surface area contributed by atoms with E-state index in [0.29, 0.717) is 13.2 Å². The highest BCUT2D eigenvalue weighted by molar-refractivity contribution is 5.72. The minimum atomic E-state index is -0.147. The van der Waals surface area contributed by atoms with Crippen molar-refractivity contribution in [1.29, 1.82) is 0 Å². The van der Waals surface area contributed by atoms with E-state index in [-0.39, 0.29) is 5.97 Å². The maximum Gasteiger partial charge on any atom is 0.319 e. The van der Waals surface area contributed by atoms with Gasteiger partial charge in [-0.25, -0.2) is 0 Å². The maximum atomic E-state index is 10.2. The Morgan fingerprint density at radius 3 is 2.24 bits per heavy atom. The van der Waals surface area contributed by atoms with Gasteiger partial charge in [-0.05, 0) is 38.8 Å². The number of hydrogen-bond donors (Lipinski definition) is 1. The number of esters is 1. The molecule has 3 saturated heterocycles. The zero-order valence-electron chi connectivity index (χ0n) is 10.6. The number of carbonyl (C=O) groups excluding carboxylic acids is 1. The van der Waals surface area contributed by atoms with E-state index in [9.17, 15) is 4.79 Å². The highest BCUT2D eigenvalue weighted by atomic mass is 16.5. The van der Waals surface area contributed by atoms with E-state index in [1.54, 1.807) is 0 Å². The van der Waals surface area contributed by atoms with Gasteiger partial charge >= 0.3 is 5.97 Å². The summed E-state index contributed by atoms with van der Waals surface area (Å²) >= 11 is 0. The summed E-state index contributed by atoms with van der Waals surface area (Å²) in [6.07, 6.45) is 8.86. The van der Waals surface area contributed by atoms with Crippen molar-refractivity contribution >= 4 is 5.97 Å². The molecule has 0 spiro atoms. The highest BCUT2D eigenvalue weighted by Crippen LogP contribution is 2.25. The van der Waals surface area contributed by atoms with Crippen molar-refractivity contribution in [1.82, 2.24) is 10.2 Å². The van der Waals surface area contributed by atoms with Gasteiger partial charge in [0.25, 0.3) is 0 Å². The number of nitrogens with zero attached hydrogens (tertiary/aromatic N) is 1. The summed E-state index contributed by atoms with van der Waals surface area (Å²) < 4.78 is 4.58. The smallest absolute Gasteiger partial charge is 0.319 e. The lowest BCUT2D eigenvalue weighted by atomic mass is 9.93. The molecule has 0 radical (unpaired) electrons. The minimum Gasteiger partial charge on any atom is -0.463 e. The molecule has 3 aliphatic rings. The third kappa shape index (κ3) is 4.28. The van der Waals surface area contributed by atoms with Gasteiger partial charge in [-0.1, -0.05) is 12.8 Å². The highest BCUT2D eigenvalue weighted by Gasteiger charge is 2.24. The number of rotatable bonds is 0. The fraction of sp³-hybridized carbons (Fsp3) is 0.923. The van der Waals surface area contributed by atoms with E-state index in [0.717, 1.165) is 12.6 Å². The summed E-state index contributed by atoms with van der Waals surface area (Å²) in [6, 6.07) is 0.988. The molecule has 4 nitrogen and oxygen atoms in total. The normalized spacial score (nSPS) is 26.5. The Morgan fingerprint density at radius 2 is 1.82 bits per heavy atom. The van der Waals surface area contributed by atoms with Crippen LogP contribution in [-0.4, -0.2) is 49.7 Å². The van der Waals surface area contributed by atoms with Crippen molar-refractivity contribution in [2.75, 3.05) is 32.8 Å². The van der Waals surface area contributed by atoms with Crippen molar-refractivity contribution in [2.45, 2.75) is 44.6 Å². The summed E-state index contributed by atoms with van der Waals surface area (Å²) in [5, 5.41) is 2.86. The monoisotopic (exact) mass is 240 g/mol. The Kier molecular flexibility index (Phi) is 5.26. The molecule has 3 aliphatic heterocycles. The first-order valence-corrected chi connectivity index (χ1v) is 6.96. The third-order valence-electron chi connectivity index (χ3n) is 3.79. The second kappa shape index (κ2) is 6.97. The second-order valence-corrected chi connectivity index (χ2v) is 5.08. The fourth-order valence-corrected chi connectivity index (χ4v) is 2.85. The molecule has 0 aliphatic carbocycles. The summed E-state index contributed by atoms with van der Waals surface area (Å²) in [5.41, 5.74) is 0. The Balaban J connectivity index is 0.000000136. The predicted molar refractivity (Wildman–Crippen MR) is 66.9 cm³/mol. The van der Waals surface area contributed by atoms with Gasteiger partial charge in [0.05, 0.1) is 6.54 Å². The van der Waals surface area contributed by atoms with E-state index >= 15 is 0 Å². The summed E-state index contributed by atoms with van der Waals surface area (Å²) in [4.78, 5) is 12.9. The van der Waals surface area contributed by atoms with Gasteiger partial charge in [0.2, 0.25) is 0 Å². The summed E-state index contributed by atoms with van der Waals surface area (Å²) in [5.74, 6) is -0.147. The molecule has 0 amide bonds. The number of carbonyl (C=O) groups is 1. The van der Waals surface area contributed by atoms with Crippen LogP contribution in [0.3, 0.4) is 0 Å². The first-order chi connectivity index (χ1) is 8.36. The van der Waals surface area contributed by atoms with Crippen molar-refractivity contribution in [2.24, 2.45) is 0 Å². The summed E-state index contributed by atoms with van der Waals surface area (Å²) in [7, 11) is 0. The number of piperidine rings is 2. The lowest BCUT2D eigenvalue weighted by Crippen LogP contribution is -2.42. The maximum absolute atomic E-state index is 10.2. The molecule has 0 aromatic heterocycles. The average Bonchev–Trinajstić information content (AvgIpc) is 2.41. The van der Waals surface area contributed by atoms with Crippen LogP contribution in [0.25, 0.3) is 0 Å². The number of fused-ring (bicyclic) bond motifs is 1. The Hall–Kier alpha value is -0.610. The zero-order chi connectivity index (χ0) is 11.9. The standard InChI is InChI=1S/C9H17N.C4H7NO2/c1-3-7-10-8-4-2-6-9(10)5-1;6-4-3-5-1-2-7-4/h9H,1-8H2;5H,1-3H2. The number of cyclic esters (lactones) is 1. The molecular weight excluding hydrogens is 216 g/mol. The number of hydrogen-bond acceptors (Lipinski definition) is 4. The molecule has 17 heavy (non-hydrogen) atoms. The lowest BCUT2D eigenvalue weighted by Gasteiger charge is -2.39. The SMILES string of the molecule is C1CCN2CCCCC2C1.O=C1CNCCO1. The Labute approximate surface area is 104 Å². The van der Waals surface area contributed by atoms with Crippen molar-refractivity contribution < 1.29 is 9.53 Å². The van der Waals surface area contributed by atoms with Crippen LogP contribution in [-0.2, 0) is 9.53 Å². The first kappa shape index (κ1) is 12.8. The fourth-order valence-electron chi connectivity index (χ4n) is 2.85. The van der Waals surface area contributed by atoms with Crippen LogP contribution in [0.15, 0.2) is 0 Å². The molecule has 0 aromatic carbocycles. The molecule has 0 aromatic rings. The molecule has 0 unspecified atom stereocenters. The van der Waals surface area contributed by atoms with E-state index in [1.165, 1.54) is 51.6 Å². The van der Waals surface area contributed by atoms with Gasteiger partial charge in [-0.15, -0.1) is 0 Å². The van der Waals surface area contributed by atoms with E-state index in [2.05, 4.69) is 15.0 Å². The molecule has 3 rings (SSSR count). The minimum absolute atomic E-state index is 0.147. The molecule has 0 atom stereocenters. The van der Waals surface area contributed by atoms with Crippen molar-refractivity contribution in [3.8, 4) is 0 Å². The van der Waals surface area contributed by atoms with Crippen LogP contribution in [0.5, 0.6) is 0 Å². The summed E-state index contributed by atoms with van der Waals surface area (Å²) in [6.45, 7) is 4.49. The van der Waals surface area contributed by atoms with Crippen LogP contribution in [0.2, 0.25) is 0 Å². The molecule has 3 heterocycles. The van der Waals surface area contributed by atoms with Gasteiger partial charge < -0.3 is 15.0 Å². The van der Waals surface area contributed by atoms with Crippen molar-refractivity contribution in [3.63, 3.8) is 0 Å². The quantitative estimate of drug-likeness (QED) is 0.645. The second-order valence-electron chi connectivity index (χ2n) is 5.08. The van der Waals surface area contributed by atoms with Crippen LogP contribution in [0, 0.1) is 0 Å². The zero-order valence-corrected chi connectivity index (χ0v) is 10.6. The van der Waals surface area contributed by atoms with E-state index in [1.807, 2.05) is 0 Å². The van der Waals surface area contributed by atoms with Crippen LogP contribution >= 0.6 is 0 Å². The van der Waals surface area contributed by atoms with Gasteiger partial charge in [0.15, 0.2) is 0 Å². The number of morpholine rings is 1. The molecule has 4 heteroatoms. The van der Waals surface area contributed by atoms with Crippen LogP contribution < -0.4 is 5.32 Å². The van der Waals surface area contributed by atoms with E-state index in [4.69, 9.17) is 0 Å². The Bertz CT molecular complexity index is 212. The van der Waals surface area contributed by atoms with Crippen LogP contribution in [0.4, 0.5) is 0 Å².